The molecule has 1 fully saturated rings. The first kappa shape index (κ1) is 20.5. The number of benzene rings is 1. The van der Waals surface area contributed by atoms with Crippen LogP contribution < -0.4 is 10.2 Å². The zero-order chi connectivity index (χ0) is 20.3. The molecule has 2 heterocycles. The second-order valence-corrected chi connectivity index (χ2v) is 8.05. The molecule has 152 valence electrons. The third-order valence-corrected chi connectivity index (χ3v) is 5.45. The van der Waals surface area contributed by atoms with Crippen molar-refractivity contribution in [2.75, 3.05) is 24.5 Å². The number of aryl methyl sites for hydroxylation is 1. The third-order valence-electron chi connectivity index (χ3n) is 4.41. The summed E-state index contributed by atoms with van der Waals surface area (Å²) in [5.41, 5.74) is 1.96. The number of amides is 1. The molecule has 1 saturated heterocycles. The first-order valence-electron chi connectivity index (χ1n) is 9.03. The molecule has 0 unspecified atom stereocenters. The summed E-state index contributed by atoms with van der Waals surface area (Å²) in [4.78, 5) is 14.2. The van der Waals surface area contributed by atoms with Crippen molar-refractivity contribution in [2.45, 2.75) is 43.3 Å². The standard InChI is InChI=1S/C18H22F3N5OS/c1-12-5-7-14(8-6-12)26-16(25-9-3-4-10-25)23-24-17(26)28-13(2)15(27)22-11-18(19,20)21/h5-8,13H,3-4,9-11H2,1-2H3,(H,22,27)/t13-/m0/s1. The van der Waals surface area contributed by atoms with Crippen LogP contribution in [0, 0.1) is 6.92 Å². The molecule has 1 aliphatic heterocycles. The van der Waals surface area contributed by atoms with Gasteiger partial charge in [0.25, 0.3) is 0 Å². The van der Waals surface area contributed by atoms with Gasteiger partial charge in [0.15, 0.2) is 5.16 Å². The number of halogens is 3. The van der Waals surface area contributed by atoms with E-state index in [0.29, 0.717) is 11.1 Å². The van der Waals surface area contributed by atoms with Gasteiger partial charge in [0.05, 0.1) is 10.9 Å². The summed E-state index contributed by atoms with van der Waals surface area (Å²) in [7, 11) is 0. The molecular weight excluding hydrogens is 391 g/mol. The molecule has 6 nitrogen and oxygen atoms in total. The van der Waals surface area contributed by atoms with Gasteiger partial charge in [0.2, 0.25) is 11.9 Å². The van der Waals surface area contributed by atoms with E-state index < -0.39 is 23.9 Å². The summed E-state index contributed by atoms with van der Waals surface area (Å²) in [5.74, 6) is -0.00439. The minimum atomic E-state index is -4.44. The average Bonchev–Trinajstić information content (AvgIpc) is 3.29. The second kappa shape index (κ2) is 8.42. The van der Waals surface area contributed by atoms with Gasteiger partial charge in [0.1, 0.15) is 6.54 Å². The van der Waals surface area contributed by atoms with Gasteiger partial charge in [0, 0.05) is 13.1 Å². The van der Waals surface area contributed by atoms with E-state index in [4.69, 9.17) is 0 Å². The van der Waals surface area contributed by atoms with Gasteiger partial charge in [-0.05, 0) is 38.8 Å². The summed E-state index contributed by atoms with van der Waals surface area (Å²) >= 11 is 1.09. The van der Waals surface area contributed by atoms with Crippen LogP contribution in [0.4, 0.5) is 19.1 Å². The predicted molar refractivity (Wildman–Crippen MR) is 102 cm³/mol. The minimum Gasteiger partial charge on any atom is -0.346 e. The largest absolute Gasteiger partial charge is 0.405 e. The summed E-state index contributed by atoms with van der Waals surface area (Å²) in [5, 5.41) is 10.2. The SMILES string of the molecule is Cc1ccc(-n2c(S[C@@H](C)C(=O)NCC(F)(F)F)nnc2N2CCCC2)cc1. The van der Waals surface area contributed by atoms with Crippen LogP contribution in [0.5, 0.6) is 0 Å². The zero-order valence-corrected chi connectivity index (χ0v) is 16.5. The highest BCUT2D eigenvalue weighted by Gasteiger charge is 2.30. The predicted octanol–water partition coefficient (Wildman–Crippen LogP) is 3.34. The third kappa shape index (κ3) is 4.98. The lowest BCUT2D eigenvalue weighted by molar-refractivity contribution is -0.137. The van der Waals surface area contributed by atoms with E-state index in [9.17, 15) is 18.0 Å². The summed E-state index contributed by atoms with van der Waals surface area (Å²) < 4.78 is 38.9. The van der Waals surface area contributed by atoms with Crippen LogP contribution in [0.3, 0.4) is 0 Å². The normalized spacial score (nSPS) is 15.7. The van der Waals surface area contributed by atoms with Gasteiger partial charge >= 0.3 is 6.18 Å². The molecule has 1 N–H and O–H groups in total. The molecule has 1 atom stereocenters. The van der Waals surface area contributed by atoms with Crippen LogP contribution in [-0.2, 0) is 4.79 Å². The molecule has 2 aromatic rings. The average molecular weight is 413 g/mol. The van der Waals surface area contributed by atoms with Crippen molar-refractivity contribution >= 4 is 23.6 Å². The first-order valence-corrected chi connectivity index (χ1v) is 9.91. The van der Waals surface area contributed by atoms with E-state index in [1.807, 2.05) is 41.1 Å². The summed E-state index contributed by atoms with van der Waals surface area (Å²) in [6.45, 7) is 3.94. The number of carbonyl (C=O) groups is 1. The Morgan fingerprint density at radius 3 is 2.46 bits per heavy atom. The number of nitrogens with zero attached hydrogens (tertiary/aromatic N) is 4. The van der Waals surface area contributed by atoms with Crippen LogP contribution in [0.1, 0.15) is 25.3 Å². The van der Waals surface area contributed by atoms with Gasteiger partial charge < -0.3 is 10.2 Å². The lowest BCUT2D eigenvalue weighted by atomic mass is 10.2. The summed E-state index contributed by atoms with van der Waals surface area (Å²) in [6, 6.07) is 7.82. The Balaban J connectivity index is 1.84. The Labute approximate surface area is 165 Å². The van der Waals surface area contributed by atoms with E-state index >= 15 is 0 Å². The fraction of sp³-hybridized carbons (Fsp3) is 0.500. The molecule has 1 aliphatic rings. The topological polar surface area (TPSA) is 63.1 Å². The zero-order valence-electron chi connectivity index (χ0n) is 15.7. The maximum absolute atomic E-state index is 12.3. The van der Waals surface area contributed by atoms with Crippen LogP contribution in [-0.4, -0.2) is 51.7 Å². The molecule has 0 spiro atoms. The molecule has 0 bridgehead atoms. The molecule has 0 radical (unpaired) electrons. The summed E-state index contributed by atoms with van der Waals surface area (Å²) in [6.07, 6.45) is -2.30. The fourth-order valence-electron chi connectivity index (χ4n) is 2.92. The minimum absolute atomic E-state index is 0.473. The molecule has 1 aromatic carbocycles. The lowest BCUT2D eigenvalue weighted by Gasteiger charge is -2.19. The van der Waals surface area contributed by atoms with Crippen LogP contribution in [0.2, 0.25) is 0 Å². The lowest BCUT2D eigenvalue weighted by Crippen LogP contribution is -2.38. The highest BCUT2D eigenvalue weighted by molar-refractivity contribution is 8.00. The second-order valence-electron chi connectivity index (χ2n) is 6.74. The number of rotatable bonds is 6. The quantitative estimate of drug-likeness (QED) is 0.736. The fourth-order valence-corrected chi connectivity index (χ4v) is 3.81. The van der Waals surface area contributed by atoms with Crippen molar-refractivity contribution in [2.24, 2.45) is 0 Å². The number of anilines is 1. The van der Waals surface area contributed by atoms with E-state index in [2.05, 4.69) is 15.1 Å². The first-order chi connectivity index (χ1) is 13.2. The monoisotopic (exact) mass is 413 g/mol. The number of thioether (sulfide) groups is 1. The van der Waals surface area contributed by atoms with Gasteiger partial charge in [-0.15, -0.1) is 10.2 Å². The molecule has 3 rings (SSSR count). The van der Waals surface area contributed by atoms with E-state index in [-0.39, 0.29) is 0 Å². The highest BCUT2D eigenvalue weighted by Crippen LogP contribution is 2.31. The molecule has 1 aromatic heterocycles. The van der Waals surface area contributed by atoms with Crippen molar-refractivity contribution in [3.8, 4) is 5.69 Å². The maximum atomic E-state index is 12.3. The van der Waals surface area contributed by atoms with Crippen molar-refractivity contribution in [1.82, 2.24) is 20.1 Å². The number of nitrogens with one attached hydrogen (secondary N) is 1. The van der Waals surface area contributed by atoms with E-state index in [1.54, 1.807) is 6.92 Å². The number of alkyl halides is 3. The van der Waals surface area contributed by atoms with Gasteiger partial charge in [-0.25, -0.2) is 0 Å². The van der Waals surface area contributed by atoms with Crippen LogP contribution >= 0.6 is 11.8 Å². The van der Waals surface area contributed by atoms with Gasteiger partial charge in [-0.2, -0.15) is 13.2 Å². The Hall–Kier alpha value is -2.23. The van der Waals surface area contributed by atoms with Crippen LogP contribution in [0.15, 0.2) is 29.4 Å². The van der Waals surface area contributed by atoms with Crippen molar-refractivity contribution < 1.29 is 18.0 Å². The maximum Gasteiger partial charge on any atom is 0.405 e. The molecular formula is C18H22F3N5OS. The van der Waals surface area contributed by atoms with E-state index in [0.717, 1.165) is 48.9 Å². The molecule has 10 heteroatoms. The van der Waals surface area contributed by atoms with Crippen molar-refractivity contribution in [3.63, 3.8) is 0 Å². The van der Waals surface area contributed by atoms with E-state index in [1.165, 1.54) is 0 Å². The Bertz CT molecular complexity index is 816. The smallest absolute Gasteiger partial charge is 0.346 e. The Morgan fingerprint density at radius 2 is 1.86 bits per heavy atom. The molecule has 0 saturated carbocycles. The number of hydrogen-bond donors (Lipinski definition) is 1. The van der Waals surface area contributed by atoms with Crippen molar-refractivity contribution in [3.05, 3.63) is 29.8 Å². The molecule has 0 aliphatic carbocycles. The number of carbonyl (C=O) groups excluding carboxylic acids is 1. The van der Waals surface area contributed by atoms with Crippen LogP contribution in [0.25, 0.3) is 5.69 Å². The Morgan fingerprint density at radius 1 is 1.21 bits per heavy atom. The van der Waals surface area contributed by atoms with Gasteiger partial charge in [-0.3, -0.25) is 9.36 Å². The van der Waals surface area contributed by atoms with Crippen molar-refractivity contribution in [1.29, 1.82) is 0 Å². The molecule has 28 heavy (non-hydrogen) atoms. The highest BCUT2D eigenvalue weighted by atomic mass is 32.2. The number of hydrogen-bond acceptors (Lipinski definition) is 5. The Kier molecular flexibility index (Phi) is 6.17. The van der Waals surface area contributed by atoms with Gasteiger partial charge in [-0.1, -0.05) is 29.5 Å². The molecule has 1 amide bonds. The number of aromatic nitrogens is 3.